The predicted octanol–water partition coefficient (Wildman–Crippen LogP) is 2.74. The highest BCUT2D eigenvalue weighted by molar-refractivity contribution is 5.85. The molecule has 3 rings (SSSR count). The van der Waals surface area contributed by atoms with Crippen LogP contribution < -0.4 is 10.6 Å². The van der Waals surface area contributed by atoms with E-state index in [1.165, 1.54) is 57.9 Å². The van der Waals surface area contributed by atoms with Crippen LogP contribution in [0.5, 0.6) is 0 Å². The lowest BCUT2D eigenvalue weighted by Gasteiger charge is -2.34. The third-order valence-corrected chi connectivity index (χ3v) is 5.43. The Hall–Kier alpha value is 0.170. The van der Waals surface area contributed by atoms with Gasteiger partial charge in [0.2, 0.25) is 0 Å². The second-order valence-corrected chi connectivity index (χ2v) is 6.75. The van der Waals surface area contributed by atoms with Gasteiger partial charge in [-0.05, 0) is 44.1 Å². The van der Waals surface area contributed by atoms with Crippen LogP contribution in [0.2, 0.25) is 0 Å². The van der Waals surface area contributed by atoms with Crippen molar-refractivity contribution in [2.75, 3.05) is 26.3 Å². The molecule has 2 saturated carbocycles. The van der Waals surface area contributed by atoms with Crippen LogP contribution in [0.25, 0.3) is 0 Å². The summed E-state index contributed by atoms with van der Waals surface area (Å²) in [6.07, 6.45) is 11.4. The van der Waals surface area contributed by atoms with Crippen LogP contribution in [0.4, 0.5) is 0 Å². The van der Waals surface area contributed by atoms with Gasteiger partial charge >= 0.3 is 0 Å². The zero-order valence-electron chi connectivity index (χ0n) is 12.6. The van der Waals surface area contributed by atoms with E-state index in [0.717, 1.165) is 37.6 Å². The van der Waals surface area contributed by atoms with Gasteiger partial charge in [0, 0.05) is 18.6 Å². The average Bonchev–Trinajstić information content (AvgIpc) is 2.95. The Morgan fingerprint density at radius 1 is 1.00 bits per heavy atom. The largest absolute Gasteiger partial charge is 0.379 e. The van der Waals surface area contributed by atoms with Crippen molar-refractivity contribution in [3.8, 4) is 0 Å². The molecule has 0 aromatic heterocycles. The van der Waals surface area contributed by atoms with Gasteiger partial charge < -0.3 is 15.4 Å². The van der Waals surface area contributed by atoms with Gasteiger partial charge in [0.1, 0.15) is 0 Å². The number of morpholine rings is 1. The van der Waals surface area contributed by atoms with Crippen LogP contribution in [0.3, 0.4) is 0 Å². The van der Waals surface area contributed by atoms with Crippen molar-refractivity contribution in [3.63, 3.8) is 0 Å². The SMILES string of the molecule is C1CCC(CNC2CCCC2C2COCCN2)CC1.Cl. The van der Waals surface area contributed by atoms with Gasteiger partial charge in [-0.3, -0.25) is 0 Å². The van der Waals surface area contributed by atoms with Gasteiger partial charge in [-0.2, -0.15) is 0 Å². The number of hydrogen-bond donors (Lipinski definition) is 2. The van der Waals surface area contributed by atoms with Crippen LogP contribution in [0.15, 0.2) is 0 Å². The van der Waals surface area contributed by atoms with Crippen molar-refractivity contribution < 1.29 is 4.74 Å². The first kappa shape index (κ1) is 16.5. The smallest absolute Gasteiger partial charge is 0.0623 e. The van der Waals surface area contributed by atoms with Crippen molar-refractivity contribution >= 4 is 12.4 Å². The number of hydrogen-bond acceptors (Lipinski definition) is 3. The van der Waals surface area contributed by atoms with Gasteiger partial charge in [0.15, 0.2) is 0 Å². The summed E-state index contributed by atoms with van der Waals surface area (Å²) in [5, 5.41) is 7.57. The lowest BCUT2D eigenvalue weighted by Crippen LogP contribution is -2.51. The minimum absolute atomic E-state index is 0. The van der Waals surface area contributed by atoms with Gasteiger partial charge in [0.25, 0.3) is 0 Å². The first-order valence-corrected chi connectivity index (χ1v) is 8.48. The van der Waals surface area contributed by atoms with E-state index in [4.69, 9.17) is 4.74 Å². The van der Waals surface area contributed by atoms with E-state index in [0.29, 0.717) is 6.04 Å². The molecule has 1 saturated heterocycles. The molecular formula is C16H31ClN2O. The molecule has 0 bridgehead atoms. The highest BCUT2D eigenvalue weighted by Crippen LogP contribution is 2.30. The Balaban J connectivity index is 0.00000147. The Labute approximate surface area is 130 Å². The fourth-order valence-electron chi connectivity index (χ4n) is 4.29. The van der Waals surface area contributed by atoms with E-state index in [-0.39, 0.29) is 12.4 Å². The summed E-state index contributed by atoms with van der Waals surface area (Å²) >= 11 is 0. The zero-order chi connectivity index (χ0) is 12.9. The lowest BCUT2D eigenvalue weighted by atomic mass is 9.88. The average molecular weight is 303 g/mol. The van der Waals surface area contributed by atoms with Crippen molar-refractivity contribution in [3.05, 3.63) is 0 Å². The highest BCUT2D eigenvalue weighted by Gasteiger charge is 2.34. The molecule has 1 heterocycles. The summed E-state index contributed by atoms with van der Waals surface area (Å²) in [6, 6.07) is 1.33. The Kier molecular flexibility index (Phi) is 7.09. The minimum atomic E-state index is 0. The standard InChI is InChI=1S/C16H30N2O.ClH/c1-2-5-13(6-3-1)11-18-15-8-4-7-14(15)16-12-19-10-9-17-16;/h13-18H,1-12H2;1H. The molecule has 1 aliphatic heterocycles. The fraction of sp³-hybridized carbons (Fsp3) is 1.00. The summed E-state index contributed by atoms with van der Waals surface area (Å²) in [7, 11) is 0. The molecule has 0 aromatic rings. The van der Waals surface area contributed by atoms with Gasteiger partial charge in [-0.25, -0.2) is 0 Å². The molecular weight excluding hydrogens is 272 g/mol. The van der Waals surface area contributed by atoms with Crippen LogP contribution in [-0.4, -0.2) is 38.4 Å². The van der Waals surface area contributed by atoms with Crippen LogP contribution in [0, 0.1) is 11.8 Å². The first-order valence-electron chi connectivity index (χ1n) is 8.48. The second kappa shape index (κ2) is 8.57. The van der Waals surface area contributed by atoms with Gasteiger partial charge in [-0.1, -0.05) is 25.7 Å². The lowest BCUT2D eigenvalue weighted by molar-refractivity contribution is 0.0521. The third-order valence-electron chi connectivity index (χ3n) is 5.43. The maximum atomic E-state index is 5.65. The summed E-state index contributed by atoms with van der Waals surface area (Å²) in [6.45, 7) is 4.11. The number of rotatable bonds is 4. The zero-order valence-corrected chi connectivity index (χ0v) is 13.4. The molecule has 2 N–H and O–H groups in total. The predicted molar refractivity (Wildman–Crippen MR) is 85.6 cm³/mol. The monoisotopic (exact) mass is 302 g/mol. The molecule has 20 heavy (non-hydrogen) atoms. The maximum absolute atomic E-state index is 5.65. The minimum Gasteiger partial charge on any atom is -0.379 e. The van der Waals surface area contributed by atoms with Crippen molar-refractivity contribution in [1.82, 2.24) is 10.6 Å². The van der Waals surface area contributed by atoms with E-state index in [1.807, 2.05) is 0 Å². The van der Waals surface area contributed by atoms with E-state index in [9.17, 15) is 0 Å². The third kappa shape index (κ3) is 4.33. The molecule has 3 atom stereocenters. The van der Waals surface area contributed by atoms with Crippen molar-refractivity contribution in [2.24, 2.45) is 11.8 Å². The molecule has 4 heteroatoms. The van der Waals surface area contributed by atoms with Crippen molar-refractivity contribution in [2.45, 2.75) is 63.5 Å². The molecule has 0 amide bonds. The van der Waals surface area contributed by atoms with Crippen LogP contribution in [0.1, 0.15) is 51.4 Å². The Bertz CT molecular complexity index is 265. The summed E-state index contributed by atoms with van der Waals surface area (Å²) in [5.74, 6) is 1.74. The van der Waals surface area contributed by atoms with Crippen LogP contribution in [-0.2, 0) is 4.74 Å². The second-order valence-electron chi connectivity index (χ2n) is 6.75. The van der Waals surface area contributed by atoms with Gasteiger partial charge in [-0.15, -0.1) is 12.4 Å². The van der Waals surface area contributed by atoms with Crippen LogP contribution >= 0.6 is 12.4 Å². The fourth-order valence-corrected chi connectivity index (χ4v) is 4.29. The summed E-state index contributed by atoms with van der Waals surface area (Å²) < 4.78 is 5.65. The first-order chi connectivity index (χ1) is 9.43. The summed E-state index contributed by atoms with van der Waals surface area (Å²) in [5.41, 5.74) is 0. The number of halogens is 1. The van der Waals surface area contributed by atoms with Crippen molar-refractivity contribution in [1.29, 1.82) is 0 Å². The highest BCUT2D eigenvalue weighted by atomic mass is 35.5. The molecule has 2 aliphatic carbocycles. The normalized spacial score (nSPS) is 35.7. The van der Waals surface area contributed by atoms with E-state index in [2.05, 4.69) is 10.6 Å². The van der Waals surface area contributed by atoms with E-state index >= 15 is 0 Å². The van der Waals surface area contributed by atoms with E-state index < -0.39 is 0 Å². The number of ether oxygens (including phenoxy) is 1. The molecule has 118 valence electrons. The van der Waals surface area contributed by atoms with E-state index in [1.54, 1.807) is 0 Å². The molecule has 0 aromatic carbocycles. The summed E-state index contributed by atoms with van der Waals surface area (Å²) in [4.78, 5) is 0. The number of nitrogens with one attached hydrogen (secondary N) is 2. The molecule has 3 nitrogen and oxygen atoms in total. The van der Waals surface area contributed by atoms with Gasteiger partial charge in [0.05, 0.1) is 13.2 Å². The molecule has 0 radical (unpaired) electrons. The quantitative estimate of drug-likeness (QED) is 0.838. The Morgan fingerprint density at radius 3 is 2.60 bits per heavy atom. The molecule has 3 unspecified atom stereocenters. The Morgan fingerprint density at radius 2 is 1.85 bits per heavy atom. The topological polar surface area (TPSA) is 33.3 Å². The molecule has 3 fully saturated rings. The maximum Gasteiger partial charge on any atom is 0.0623 e. The molecule has 0 spiro atoms. The molecule has 3 aliphatic rings.